The summed E-state index contributed by atoms with van der Waals surface area (Å²) in [6.45, 7) is 17.8. The molecule has 0 amide bonds. The van der Waals surface area contributed by atoms with Crippen LogP contribution in [0.2, 0.25) is 0 Å². The Morgan fingerprint density at radius 3 is 0.721 bits per heavy atom. The third-order valence-corrected chi connectivity index (χ3v) is 13.6. The van der Waals surface area contributed by atoms with Gasteiger partial charge >= 0.3 is 20.4 Å². The third-order valence-electron chi connectivity index (χ3n) is 13.6. The second-order valence-corrected chi connectivity index (χ2v) is 18.6. The minimum Gasteiger partial charge on any atom is -0.334 e. The van der Waals surface area contributed by atoms with Crippen molar-refractivity contribution in [3.63, 3.8) is 0 Å². The zero-order chi connectivity index (χ0) is 44.0. The van der Waals surface area contributed by atoms with E-state index in [9.17, 15) is 0 Å². The molecule has 0 aliphatic carbocycles. The first-order valence-corrected chi connectivity index (χ1v) is 26.2. The maximum absolute atomic E-state index is 17.4. The Bertz CT molecular complexity index is 1450. The van der Waals surface area contributed by atoms with E-state index in [2.05, 4.69) is 55.4 Å². The van der Waals surface area contributed by atoms with Gasteiger partial charge in [0, 0.05) is 10.9 Å². The first-order valence-electron chi connectivity index (χ1n) is 26.2. The summed E-state index contributed by atoms with van der Waals surface area (Å²) in [6.07, 6.45) is 31.2. The van der Waals surface area contributed by atoms with Crippen molar-refractivity contribution in [3.05, 3.63) is 56.1 Å². The molecule has 2 aliphatic rings. The fourth-order valence-electron chi connectivity index (χ4n) is 10.0. The van der Waals surface area contributed by atoms with Gasteiger partial charge in [-0.2, -0.15) is 0 Å². The molecule has 2 saturated heterocycles. The van der Waals surface area contributed by atoms with Crippen LogP contribution in [0.25, 0.3) is 0 Å². The molecule has 2 aromatic carbocycles. The quantitative estimate of drug-likeness (QED) is 0.0519. The number of rotatable bonds is 34. The molecule has 8 heteroatoms. The summed E-state index contributed by atoms with van der Waals surface area (Å²) in [5, 5.41) is 0. The molecule has 1 spiro atoms. The van der Waals surface area contributed by atoms with Crippen LogP contribution in [0.15, 0.2) is 0 Å². The van der Waals surface area contributed by atoms with E-state index in [1.54, 1.807) is 0 Å². The molecular weight excluding hydrogens is 760 g/mol. The predicted octanol–water partition coefficient (Wildman–Crippen LogP) is 14.6. The third kappa shape index (κ3) is 14.1. The van der Waals surface area contributed by atoms with Gasteiger partial charge in [-0.1, -0.05) is 158 Å². The van der Waals surface area contributed by atoms with Crippen LogP contribution < -0.4 is 10.9 Å². The summed E-state index contributed by atoms with van der Waals surface area (Å²) in [6, 6.07) is 0. The first-order chi connectivity index (χ1) is 29.8. The molecule has 4 nitrogen and oxygen atoms in total. The Morgan fingerprint density at radius 1 is 0.295 bits per heavy atom. The van der Waals surface area contributed by atoms with Crippen molar-refractivity contribution in [2.24, 2.45) is 0 Å². The van der Waals surface area contributed by atoms with Gasteiger partial charge in [-0.25, -0.2) is 8.78 Å². The molecule has 0 bridgehead atoms. The molecule has 4 rings (SSSR count). The Hall–Kier alpha value is -1.73. The molecule has 0 N–H and O–H groups in total. The van der Waals surface area contributed by atoms with E-state index in [4.69, 9.17) is 18.6 Å². The van der Waals surface area contributed by atoms with Crippen molar-refractivity contribution < 1.29 is 27.4 Å². The highest BCUT2D eigenvalue weighted by Crippen LogP contribution is 2.41. The summed E-state index contributed by atoms with van der Waals surface area (Å²) < 4.78 is 60.8. The van der Waals surface area contributed by atoms with Crippen molar-refractivity contribution in [2.75, 3.05) is 0 Å². The number of unbranched alkanes of at least 4 members (excludes halogenated alkanes) is 16. The van der Waals surface area contributed by atoms with Crippen molar-refractivity contribution >= 4 is 25.2 Å². The fourth-order valence-corrected chi connectivity index (χ4v) is 10.0. The summed E-state index contributed by atoms with van der Waals surface area (Å²) in [5.74, 6) is -0.305. The zero-order valence-corrected chi connectivity index (χ0v) is 40.7. The molecular formula is C53H88B2F2O4. The molecule has 344 valence electrons. The van der Waals surface area contributed by atoms with E-state index in [1.165, 1.54) is 22.3 Å². The van der Waals surface area contributed by atoms with Crippen LogP contribution in [0, 0.1) is 11.6 Å². The maximum Gasteiger partial charge on any atom is 0.508 e. The highest BCUT2D eigenvalue weighted by molar-refractivity contribution is 6.67. The number of halogens is 2. The minimum absolute atomic E-state index is 0.152. The molecule has 0 aromatic heterocycles. The normalized spacial score (nSPS) is 14.7. The van der Waals surface area contributed by atoms with Gasteiger partial charge in [0.15, 0.2) is 0 Å². The lowest BCUT2D eigenvalue weighted by atomic mass is 9.66. The molecule has 0 atom stereocenters. The summed E-state index contributed by atoms with van der Waals surface area (Å²) >= 11 is 0. The first kappa shape index (κ1) is 51.9. The smallest absolute Gasteiger partial charge is 0.334 e. The highest BCUT2D eigenvalue weighted by Gasteiger charge is 2.66. The second-order valence-electron chi connectivity index (χ2n) is 18.6. The minimum atomic E-state index is -1.75. The Balaban J connectivity index is 1.77. The maximum atomic E-state index is 17.4. The van der Waals surface area contributed by atoms with Gasteiger partial charge in [-0.05, 0) is 147 Å². The average Bonchev–Trinajstić information content (AvgIpc) is 3.22. The molecule has 2 aromatic rings. The highest BCUT2D eigenvalue weighted by atomic mass is 19.1. The van der Waals surface area contributed by atoms with E-state index in [0.717, 1.165) is 228 Å². The van der Waals surface area contributed by atoms with Crippen LogP contribution >= 0.6 is 0 Å². The molecule has 61 heavy (non-hydrogen) atoms. The van der Waals surface area contributed by atoms with E-state index in [1.807, 2.05) is 0 Å². The van der Waals surface area contributed by atoms with Crippen LogP contribution in [0.3, 0.4) is 0 Å². The van der Waals surface area contributed by atoms with Gasteiger partial charge < -0.3 is 18.6 Å². The summed E-state index contributed by atoms with van der Waals surface area (Å²) in [7, 11) is -1.86. The van der Waals surface area contributed by atoms with E-state index < -0.39 is 20.4 Å². The molecule has 0 radical (unpaired) electrons. The van der Waals surface area contributed by atoms with Crippen molar-refractivity contribution in [3.8, 4) is 0 Å². The second kappa shape index (κ2) is 28.2. The molecule has 2 aliphatic heterocycles. The monoisotopic (exact) mass is 849 g/mol. The molecule has 0 unspecified atom stereocenters. The average molecular weight is 849 g/mol. The van der Waals surface area contributed by atoms with Crippen LogP contribution in [0.5, 0.6) is 0 Å². The molecule has 0 saturated carbocycles. The summed E-state index contributed by atoms with van der Waals surface area (Å²) in [5.41, 5.74) is 10.2. The standard InChI is InChI=1S/C53H88B2F2O4/c1-9-17-25-33-41-43(35-27-19-11-3)47(39-31-23-15-7)51(56)49(45(41)37-29-21-13-5)54-58-53(59-54)60-55(61-53)50-46(38-30-22-14-6)42(34-26-18-10-2)44(36-28-20-12-4)48(52(50)57)40-32-24-16-8/h9-40H2,1-8H3. The fraction of sp³-hybridized carbons (Fsp3) is 0.774. The van der Waals surface area contributed by atoms with Crippen molar-refractivity contribution in [1.29, 1.82) is 0 Å². The van der Waals surface area contributed by atoms with Gasteiger partial charge in [-0.3, -0.25) is 0 Å². The molecule has 2 heterocycles. The zero-order valence-electron chi connectivity index (χ0n) is 40.7. The van der Waals surface area contributed by atoms with Crippen LogP contribution in [-0.2, 0) is 70.0 Å². The largest absolute Gasteiger partial charge is 0.508 e. The van der Waals surface area contributed by atoms with E-state index >= 15 is 8.78 Å². The Kier molecular flexibility index (Phi) is 24.0. The summed E-state index contributed by atoms with van der Waals surface area (Å²) in [4.78, 5) is 0. The predicted molar refractivity (Wildman–Crippen MR) is 256 cm³/mol. The lowest BCUT2D eigenvalue weighted by Gasteiger charge is -2.53. The lowest BCUT2D eigenvalue weighted by molar-refractivity contribution is -0.488. The Morgan fingerprint density at radius 2 is 0.492 bits per heavy atom. The lowest BCUT2D eigenvalue weighted by Crippen LogP contribution is -2.77. The van der Waals surface area contributed by atoms with Gasteiger partial charge in [0.05, 0.1) is 0 Å². The number of benzene rings is 2. The molecule has 2 fully saturated rings. The van der Waals surface area contributed by atoms with E-state index in [0.29, 0.717) is 10.9 Å². The van der Waals surface area contributed by atoms with E-state index in [-0.39, 0.29) is 11.6 Å². The Labute approximate surface area is 374 Å². The van der Waals surface area contributed by atoms with Crippen LogP contribution in [0.1, 0.15) is 254 Å². The van der Waals surface area contributed by atoms with Gasteiger partial charge in [0.25, 0.3) is 0 Å². The van der Waals surface area contributed by atoms with Gasteiger partial charge in [0.2, 0.25) is 0 Å². The topological polar surface area (TPSA) is 36.9 Å². The van der Waals surface area contributed by atoms with Crippen molar-refractivity contribution in [2.45, 2.75) is 267 Å². The van der Waals surface area contributed by atoms with Gasteiger partial charge in [0.1, 0.15) is 11.6 Å². The SMILES string of the molecule is CCCCCc1c(F)c(B2OC3(O2)OB(c2c(F)c(CCCCC)c(CCCCC)c(CCCCC)c2CCCCC)O3)c(CCCCC)c(CCCCC)c1CCCCC. The van der Waals surface area contributed by atoms with Crippen LogP contribution in [-0.4, -0.2) is 20.4 Å². The van der Waals surface area contributed by atoms with Crippen LogP contribution in [0.4, 0.5) is 8.78 Å². The van der Waals surface area contributed by atoms with Gasteiger partial charge in [-0.15, -0.1) is 0 Å². The number of hydrogen-bond donors (Lipinski definition) is 0. The number of hydrogen-bond acceptors (Lipinski definition) is 4. The van der Waals surface area contributed by atoms with Crippen molar-refractivity contribution in [1.82, 2.24) is 0 Å².